The van der Waals surface area contributed by atoms with Crippen molar-refractivity contribution in [3.05, 3.63) is 47.3 Å². The molecule has 140 valence electrons. The van der Waals surface area contributed by atoms with Crippen LogP contribution < -0.4 is 5.73 Å². The maximum Gasteiger partial charge on any atom is 0.335 e. The van der Waals surface area contributed by atoms with Crippen LogP contribution in [-0.4, -0.2) is 20.9 Å². The maximum absolute atomic E-state index is 11.7. The van der Waals surface area contributed by atoms with Gasteiger partial charge in [-0.1, -0.05) is 6.92 Å². The van der Waals surface area contributed by atoms with Crippen LogP contribution in [0.25, 0.3) is 0 Å². The fraction of sp³-hybridized carbons (Fsp3) is 0.474. The standard InChI is InChI=1S/C14H17NO2.C5H6F2N2/c1-14(4-5-14)11-7-9(11)10-6-8(13(16)17)2-3-12(10)15;1-9-3-2-4(8-9)5(6)7/h2-3,6,9,11H,4-5,7,15H2,1H3,(H,16,17);2-3,5H,1H3. The molecule has 2 aromatic rings. The molecule has 2 saturated carbocycles. The van der Waals surface area contributed by atoms with Crippen molar-refractivity contribution in [2.75, 3.05) is 5.73 Å². The highest BCUT2D eigenvalue weighted by Gasteiger charge is 2.56. The number of benzene rings is 1. The molecule has 26 heavy (non-hydrogen) atoms. The van der Waals surface area contributed by atoms with Gasteiger partial charge in [0.15, 0.2) is 0 Å². The largest absolute Gasteiger partial charge is 0.478 e. The number of aromatic carboxylic acids is 1. The number of nitrogens with two attached hydrogens (primary N) is 1. The molecule has 2 aliphatic rings. The van der Waals surface area contributed by atoms with E-state index in [1.54, 1.807) is 25.2 Å². The number of carboxylic acids is 1. The Kier molecular flexibility index (Phi) is 4.73. The van der Waals surface area contributed by atoms with Crippen molar-refractivity contribution in [2.24, 2.45) is 18.4 Å². The zero-order valence-electron chi connectivity index (χ0n) is 14.8. The van der Waals surface area contributed by atoms with Gasteiger partial charge in [0.2, 0.25) is 0 Å². The second kappa shape index (κ2) is 6.70. The van der Waals surface area contributed by atoms with E-state index >= 15 is 0 Å². The SMILES string of the molecule is CC1(C2CC2c2cc(C(=O)O)ccc2N)CC1.Cn1ccc(C(F)F)n1. The average molecular weight is 363 g/mol. The van der Waals surface area contributed by atoms with E-state index in [1.165, 1.54) is 36.2 Å². The van der Waals surface area contributed by atoms with Crippen molar-refractivity contribution in [2.45, 2.75) is 38.5 Å². The predicted molar refractivity (Wildman–Crippen MR) is 94.2 cm³/mol. The summed E-state index contributed by atoms with van der Waals surface area (Å²) in [6.45, 7) is 2.33. The van der Waals surface area contributed by atoms with Crippen molar-refractivity contribution >= 4 is 11.7 Å². The third-order valence-corrected chi connectivity index (χ3v) is 5.42. The number of alkyl halides is 2. The Labute approximate surface area is 150 Å². The van der Waals surface area contributed by atoms with E-state index in [0.717, 1.165) is 11.3 Å². The summed E-state index contributed by atoms with van der Waals surface area (Å²) in [5.74, 6) is 0.330. The number of hydrogen-bond acceptors (Lipinski definition) is 3. The van der Waals surface area contributed by atoms with E-state index in [0.29, 0.717) is 22.8 Å². The van der Waals surface area contributed by atoms with Gasteiger partial charge in [-0.25, -0.2) is 13.6 Å². The molecule has 2 atom stereocenters. The van der Waals surface area contributed by atoms with Gasteiger partial charge in [-0.3, -0.25) is 4.68 Å². The molecule has 0 aliphatic heterocycles. The van der Waals surface area contributed by atoms with E-state index in [9.17, 15) is 13.6 Å². The lowest BCUT2D eigenvalue weighted by Crippen LogP contribution is -2.03. The molecule has 0 amide bonds. The maximum atomic E-state index is 11.7. The summed E-state index contributed by atoms with van der Waals surface area (Å²) in [5.41, 5.74) is 8.44. The second-order valence-electron chi connectivity index (χ2n) is 7.47. The lowest BCUT2D eigenvalue weighted by Gasteiger charge is -2.10. The van der Waals surface area contributed by atoms with Gasteiger partial charge >= 0.3 is 5.97 Å². The van der Waals surface area contributed by atoms with Gasteiger partial charge in [0, 0.05) is 18.9 Å². The molecule has 3 N–H and O–H groups in total. The van der Waals surface area contributed by atoms with E-state index < -0.39 is 12.4 Å². The van der Waals surface area contributed by atoms with E-state index in [2.05, 4.69) is 12.0 Å². The highest BCUT2D eigenvalue weighted by atomic mass is 19.3. The van der Waals surface area contributed by atoms with Crippen LogP contribution in [0, 0.1) is 11.3 Å². The molecule has 4 rings (SSSR count). The molecule has 2 fully saturated rings. The lowest BCUT2D eigenvalue weighted by atomic mass is 9.97. The molecule has 1 heterocycles. The number of nitrogens with zero attached hydrogens (tertiary/aromatic N) is 2. The van der Waals surface area contributed by atoms with Gasteiger partial charge in [-0.15, -0.1) is 0 Å². The summed E-state index contributed by atoms with van der Waals surface area (Å²) in [6.07, 6.45) is 2.83. The summed E-state index contributed by atoms with van der Waals surface area (Å²) < 4.78 is 24.8. The molecule has 5 nitrogen and oxygen atoms in total. The molecule has 0 saturated heterocycles. The molecule has 1 aromatic heterocycles. The Bertz CT molecular complexity index is 815. The van der Waals surface area contributed by atoms with Crippen LogP contribution in [0.15, 0.2) is 30.5 Å². The summed E-state index contributed by atoms with van der Waals surface area (Å²) in [6, 6.07) is 6.36. The number of anilines is 1. The Morgan fingerprint density at radius 3 is 2.54 bits per heavy atom. The van der Waals surface area contributed by atoms with Crippen LogP contribution in [-0.2, 0) is 7.05 Å². The number of carboxylic acid groups (broad SMARTS) is 1. The van der Waals surface area contributed by atoms with Crippen LogP contribution in [0.3, 0.4) is 0 Å². The molecule has 7 heteroatoms. The highest BCUT2D eigenvalue weighted by Crippen LogP contribution is 2.67. The third-order valence-electron chi connectivity index (χ3n) is 5.42. The Morgan fingerprint density at radius 2 is 2.08 bits per heavy atom. The van der Waals surface area contributed by atoms with Crippen molar-refractivity contribution in [1.82, 2.24) is 9.78 Å². The summed E-state index contributed by atoms with van der Waals surface area (Å²) in [4.78, 5) is 11.0. The van der Waals surface area contributed by atoms with E-state index in [1.807, 2.05) is 0 Å². The van der Waals surface area contributed by atoms with Gasteiger partial charge in [-0.2, -0.15) is 5.10 Å². The highest BCUT2D eigenvalue weighted by molar-refractivity contribution is 5.88. The second-order valence-corrected chi connectivity index (χ2v) is 7.47. The van der Waals surface area contributed by atoms with Crippen LogP contribution in [0.4, 0.5) is 14.5 Å². The topological polar surface area (TPSA) is 81.1 Å². The minimum atomic E-state index is -2.45. The van der Waals surface area contributed by atoms with Crippen LogP contribution in [0.5, 0.6) is 0 Å². The van der Waals surface area contributed by atoms with Crippen molar-refractivity contribution in [3.63, 3.8) is 0 Å². The van der Waals surface area contributed by atoms with E-state index in [-0.39, 0.29) is 5.69 Å². The summed E-state index contributed by atoms with van der Waals surface area (Å²) in [5, 5.41) is 12.5. The van der Waals surface area contributed by atoms with Crippen LogP contribution in [0.1, 0.15) is 60.1 Å². The minimum absolute atomic E-state index is 0.169. The quantitative estimate of drug-likeness (QED) is 0.797. The first-order valence-electron chi connectivity index (χ1n) is 8.61. The number of aryl methyl sites for hydroxylation is 1. The number of hydrogen-bond donors (Lipinski definition) is 2. The van der Waals surface area contributed by atoms with Crippen molar-refractivity contribution in [1.29, 1.82) is 0 Å². The number of rotatable bonds is 4. The monoisotopic (exact) mass is 363 g/mol. The fourth-order valence-corrected chi connectivity index (χ4v) is 3.46. The zero-order chi connectivity index (χ0) is 19.1. The van der Waals surface area contributed by atoms with Gasteiger partial charge in [-0.05, 0) is 66.3 Å². The van der Waals surface area contributed by atoms with Crippen LogP contribution >= 0.6 is 0 Å². The van der Waals surface area contributed by atoms with Gasteiger partial charge in [0.25, 0.3) is 6.43 Å². The molecular formula is C19H23F2N3O2. The third kappa shape index (κ3) is 3.86. The first kappa shape index (κ1) is 18.4. The molecular weight excluding hydrogens is 340 g/mol. The Hall–Kier alpha value is -2.44. The first-order chi connectivity index (χ1) is 12.2. The average Bonchev–Trinajstić information content (AvgIpc) is 3.48. The van der Waals surface area contributed by atoms with Crippen LogP contribution in [0.2, 0.25) is 0 Å². The summed E-state index contributed by atoms with van der Waals surface area (Å²) >= 11 is 0. The molecule has 1 aromatic carbocycles. The van der Waals surface area contributed by atoms with Crippen molar-refractivity contribution in [3.8, 4) is 0 Å². The smallest absolute Gasteiger partial charge is 0.335 e. The first-order valence-corrected chi connectivity index (χ1v) is 8.61. The number of halogens is 2. The Morgan fingerprint density at radius 1 is 1.38 bits per heavy atom. The number of nitrogen functional groups attached to an aromatic ring is 1. The fourth-order valence-electron chi connectivity index (χ4n) is 3.46. The minimum Gasteiger partial charge on any atom is -0.478 e. The summed E-state index contributed by atoms with van der Waals surface area (Å²) in [7, 11) is 1.60. The lowest BCUT2D eigenvalue weighted by molar-refractivity contribution is 0.0696. The Balaban J connectivity index is 0.000000185. The predicted octanol–water partition coefficient (Wildman–Crippen LogP) is 4.23. The van der Waals surface area contributed by atoms with Gasteiger partial charge < -0.3 is 10.8 Å². The molecule has 0 bridgehead atoms. The number of carbonyl (C=O) groups is 1. The molecule has 0 radical (unpaired) electrons. The molecule has 2 aliphatic carbocycles. The van der Waals surface area contributed by atoms with Gasteiger partial charge in [0.1, 0.15) is 5.69 Å². The van der Waals surface area contributed by atoms with E-state index in [4.69, 9.17) is 10.8 Å². The number of aromatic nitrogens is 2. The zero-order valence-corrected chi connectivity index (χ0v) is 14.8. The van der Waals surface area contributed by atoms with Gasteiger partial charge in [0.05, 0.1) is 5.56 Å². The molecule has 2 unspecified atom stereocenters. The molecule has 0 spiro atoms. The van der Waals surface area contributed by atoms with Crippen molar-refractivity contribution < 1.29 is 18.7 Å². The normalized spacial score (nSPS) is 22.5.